The number of hydrogen-bond acceptors (Lipinski definition) is 6. The van der Waals surface area contributed by atoms with E-state index in [-0.39, 0.29) is 17.8 Å². The topological polar surface area (TPSA) is 96.7 Å². The van der Waals surface area contributed by atoms with Crippen LogP contribution in [0.1, 0.15) is 13.8 Å². The van der Waals surface area contributed by atoms with Crippen LogP contribution < -0.4 is 0 Å². The summed E-state index contributed by atoms with van der Waals surface area (Å²) in [5, 5.41) is 14.7. The highest BCUT2D eigenvalue weighted by molar-refractivity contribution is 5.87. The largest absolute Gasteiger partial charge is 0.458 e. The Morgan fingerprint density at radius 1 is 1.26 bits per heavy atom. The zero-order valence-corrected chi connectivity index (χ0v) is 11.2. The molecule has 0 radical (unpaired) electrons. The molecule has 0 aromatic carbocycles. The SMILES string of the molecule is C=C(C)C(=O)OCC(CO)OC(=O)C(=C)C.C=C=N. The van der Waals surface area contributed by atoms with Crippen LogP contribution in [0, 0.1) is 5.41 Å². The van der Waals surface area contributed by atoms with Crippen molar-refractivity contribution in [2.75, 3.05) is 13.2 Å². The van der Waals surface area contributed by atoms with Crippen molar-refractivity contribution in [2.45, 2.75) is 20.0 Å². The summed E-state index contributed by atoms with van der Waals surface area (Å²) in [7, 11) is 0. The molecule has 0 aromatic heterocycles. The molecule has 1 atom stereocenters. The fourth-order valence-corrected chi connectivity index (χ4v) is 0.668. The summed E-state index contributed by atoms with van der Waals surface area (Å²) in [6.07, 6.45) is -0.882. The number of ether oxygens (including phenoxy) is 2. The lowest BCUT2D eigenvalue weighted by atomic mass is 10.3. The van der Waals surface area contributed by atoms with Crippen LogP contribution in [0.2, 0.25) is 0 Å². The molecule has 0 aliphatic carbocycles. The van der Waals surface area contributed by atoms with Gasteiger partial charge in [0.15, 0.2) is 6.10 Å². The second kappa shape index (κ2) is 11.0. The maximum Gasteiger partial charge on any atom is 0.333 e. The minimum absolute atomic E-state index is 0.207. The average molecular weight is 269 g/mol. The molecular weight excluding hydrogens is 250 g/mol. The van der Waals surface area contributed by atoms with Crippen LogP contribution in [0.3, 0.4) is 0 Å². The normalized spacial score (nSPS) is 10.1. The first-order chi connectivity index (χ1) is 8.79. The van der Waals surface area contributed by atoms with E-state index in [0.717, 1.165) is 0 Å². The van der Waals surface area contributed by atoms with Crippen LogP contribution in [-0.2, 0) is 19.1 Å². The fourth-order valence-electron chi connectivity index (χ4n) is 0.668. The molecule has 0 spiro atoms. The van der Waals surface area contributed by atoms with E-state index in [1.165, 1.54) is 13.8 Å². The van der Waals surface area contributed by atoms with Crippen LogP contribution in [0.25, 0.3) is 0 Å². The molecule has 0 fully saturated rings. The Bertz CT molecular complexity index is 380. The van der Waals surface area contributed by atoms with E-state index in [1.807, 2.05) is 0 Å². The number of hydrogen-bond donors (Lipinski definition) is 2. The van der Waals surface area contributed by atoms with Gasteiger partial charge in [0.05, 0.1) is 6.61 Å². The first-order valence-corrected chi connectivity index (χ1v) is 5.28. The van der Waals surface area contributed by atoms with Crippen molar-refractivity contribution in [3.63, 3.8) is 0 Å². The van der Waals surface area contributed by atoms with Gasteiger partial charge in [0.2, 0.25) is 0 Å². The summed E-state index contributed by atoms with van der Waals surface area (Å²) < 4.78 is 9.53. The Balaban J connectivity index is 0. The van der Waals surface area contributed by atoms with E-state index in [1.54, 1.807) is 5.87 Å². The highest BCUT2D eigenvalue weighted by Gasteiger charge is 2.16. The van der Waals surface area contributed by atoms with Gasteiger partial charge in [0.1, 0.15) is 6.61 Å². The van der Waals surface area contributed by atoms with Crippen LogP contribution >= 0.6 is 0 Å². The summed E-state index contributed by atoms with van der Waals surface area (Å²) in [5.74, 6) is 0.523. The maximum absolute atomic E-state index is 11.1. The third-order valence-corrected chi connectivity index (χ3v) is 1.57. The van der Waals surface area contributed by atoms with Crippen molar-refractivity contribution in [1.29, 1.82) is 5.41 Å². The van der Waals surface area contributed by atoms with Gasteiger partial charge in [-0.2, -0.15) is 0 Å². The molecule has 0 aliphatic rings. The summed E-state index contributed by atoms with van der Waals surface area (Å²) >= 11 is 0. The average Bonchev–Trinajstić information content (AvgIpc) is 2.34. The molecule has 1 unspecified atom stereocenters. The fraction of sp³-hybridized carbons (Fsp3) is 0.385. The van der Waals surface area contributed by atoms with Gasteiger partial charge in [0, 0.05) is 11.1 Å². The van der Waals surface area contributed by atoms with Crippen LogP contribution in [0.15, 0.2) is 30.9 Å². The smallest absolute Gasteiger partial charge is 0.333 e. The molecule has 0 aliphatic heterocycles. The molecule has 0 bridgehead atoms. The molecule has 6 heteroatoms. The summed E-state index contributed by atoms with van der Waals surface area (Å²) in [6, 6.07) is 0. The molecule has 0 aromatic rings. The first-order valence-electron chi connectivity index (χ1n) is 5.28. The standard InChI is InChI=1S/C11H16O5.C2H3N/c1-7(2)10(13)15-6-9(5-12)16-11(14)8(3)4;1-2-3/h9,12H,1,3,5-6H2,2,4H3;3H,1H2. The number of esters is 2. The Hall–Kier alpha value is -2.17. The molecule has 0 saturated heterocycles. The number of aliphatic hydroxyl groups excluding tert-OH is 1. The Kier molecular flexibility index (Phi) is 11.1. The third-order valence-electron chi connectivity index (χ3n) is 1.57. The maximum atomic E-state index is 11.1. The summed E-state index contributed by atoms with van der Waals surface area (Å²) in [5.41, 5.74) is 0.451. The Labute approximate surface area is 112 Å². The van der Waals surface area contributed by atoms with Crippen molar-refractivity contribution in [3.05, 3.63) is 30.9 Å². The van der Waals surface area contributed by atoms with Crippen molar-refractivity contribution in [3.8, 4) is 0 Å². The molecule has 0 heterocycles. The first kappa shape index (κ1) is 19.2. The predicted octanol–water partition coefficient (Wildman–Crippen LogP) is 1.01. The molecular formula is C13H19NO5. The van der Waals surface area contributed by atoms with E-state index in [0.29, 0.717) is 0 Å². The van der Waals surface area contributed by atoms with Crippen LogP contribution in [0.5, 0.6) is 0 Å². The minimum Gasteiger partial charge on any atom is -0.458 e. The second-order valence-electron chi connectivity index (χ2n) is 3.55. The molecule has 0 amide bonds. The summed E-state index contributed by atoms with van der Waals surface area (Å²) in [4.78, 5) is 22.1. The number of aliphatic hydroxyl groups is 1. The van der Waals surface area contributed by atoms with Crippen molar-refractivity contribution in [2.24, 2.45) is 0 Å². The molecule has 0 rings (SSSR count). The second-order valence-corrected chi connectivity index (χ2v) is 3.55. The zero-order chi connectivity index (χ0) is 15.4. The third kappa shape index (κ3) is 10.7. The lowest BCUT2D eigenvalue weighted by molar-refractivity contribution is -0.156. The van der Waals surface area contributed by atoms with Crippen LogP contribution in [0.4, 0.5) is 0 Å². The van der Waals surface area contributed by atoms with Gasteiger partial charge in [-0.05, 0) is 26.3 Å². The highest BCUT2D eigenvalue weighted by atomic mass is 16.6. The molecule has 106 valence electrons. The highest BCUT2D eigenvalue weighted by Crippen LogP contribution is 2.01. The number of nitrogens with one attached hydrogen (secondary N) is 1. The van der Waals surface area contributed by atoms with Crippen molar-refractivity contribution >= 4 is 17.8 Å². The zero-order valence-electron chi connectivity index (χ0n) is 11.2. The van der Waals surface area contributed by atoms with Gasteiger partial charge in [0.25, 0.3) is 0 Å². The lowest BCUT2D eigenvalue weighted by Gasteiger charge is -2.15. The Morgan fingerprint density at radius 2 is 1.68 bits per heavy atom. The van der Waals surface area contributed by atoms with Crippen molar-refractivity contribution < 1.29 is 24.2 Å². The van der Waals surface area contributed by atoms with E-state index >= 15 is 0 Å². The number of carbonyl (C=O) groups is 2. The molecule has 6 nitrogen and oxygen atoms in total. The monoisotopic (exact) mass is 269 g/mol. The lowest BCUT2D eigenvalue weighted by Crippen LogP contribution is -2.28. The van der Waals surface area contributed by atoms with E-state index in [2.05, 4.69) is 19.7 Å². The molecule has 2 N–H and O–H groups in total. The van der Waals surface area contributed by atoms with E-state index < -0.39 is 24.6 Å². The molecule has 0 saturated carbocycles. The van der Waals surface area contributed by atoms with Crippen LogP contribution in [-0.4, -0.2) is 42.2 Å². The number of rotatable bonds is 6. The van der Waals surface area contributed by atoms with E-state index in [4.69, 9.17) is 20.0 Å². The van der Waals surface area contributed by atoms with E-state index in [9.17, 15) is 9.59 Å². The van der Waals surface area contributed by atoms with Gasteiger partial charge in [-0.25, -0.2) is 9.59 Å². The predicted molar refractivity (Wildman–Crippen MR) is 70.9 cm³/mol. The van der Waals surface area contributed by atoms with Crippen molar-refractivity contribution in [1.82, 2.24) is 0 Å². The minimum atomic E-state index is -0.882. The van der Waals surface area contributed by atoms with Gasteiger partial charge in [-0.15, -0.1) is 0 Å². The summed E-state index contributed by atoms with van der Waals surface area (Å²) in [6.45, 7) is 12.0. The van der Waals surface area contributed by atoms with Gasteiger partial charge in [-0.1, -0.05) is 13.2 Å². The van der Waals surface area contributed by atoms with Gasteiger partial charge >= 0.3 is 11.9 Å². The van der Waals surface area contributed by atoms with Gasteiger partial charge < -0.3 is 14.6 Å². The Morgan fingerprint density at radius 3 is 2.00 bits per heavy atom. The number of carbonyl (C=O) groups excluding carboxylic acids is 2. The quantitative estimate of drug-likeness (QED) is 0.426. The van der Waals surface area contributed by atoms with Gasteiger partial charge in [-0.3, -0.25) is 5.41 Å². The molecule has 19 heavy (non-hydrogen) atoms.